The minimum Gasteiger partial charge on any atom is -0.497 e. The van der Waals surface area contributed by atoms with Crippen molar-refractivity contribution in [3.05, 3.63) is 81.6 Å². The molecule has 0 unspecified atom stereocenters. The average Bonchev–Trinajstić information content (AvgIpc) is 3.25. The maximum atomic E-state index is 13.8. The number of carbonyl (C=O) groups excluding carboxylic acids is 1. The largest absolute Gasteiger partial charge is 0.497 e. The Labute approximate surface area is 205 Å². The molecule has 0 amide bonds. The Hall–Kier alpha value is -3.83. The first-order valence-electron chi connectivity index (χ1n) is 9.69. The number of alkyl halides is 3. The second-order valence-electron chi connectivity index (χ2n) is 7.03. The number of rotatable bonds is 5. The molecule has 0 aliphatic heterocycles. The lowest BCUT2D eigenvalue weighted by atomic mass is 10.1. The van der Waals surface area contributed by atoms with Crippen molar-refractivity contribution in [1.82, 2.24) is 14.6 Å². The van der Waals surface area contributed by atoms with Gasteiger partial charge in [-0.1, -0.05) is 28.4 Å². The van der Waals surface area contributed by atoms with Gasteiger partial charge in [0, 0.05) is 22.2 Å². The Balaban J connectivity index is 1.68. The molecule has 0 saturated carbocycles. The van der Waals surface area contributed by atoms with Crippen molar-refractivity contribution < 1.29 is 27.5 Å². The van der Waals surface area contributed by atoms with Crippen molar-refractivity contribution in [1.29, 1.82) is 0 Å². The minimum absolute atomic E-state index is 0.0203. The molecule has 2 aromatic carbocycles. The van der Waals surface area contributed by atoms with Gasteiger partial charge in [-0.2, -0.15) is 18.3 Å². The number of amidine groups is 1. The van der Waals surface area contributed by atoms with Crippen molar-refractivity contribution in [3.8, 4) is 17.0 Å². The highest BCUT2D eigenvalue weighted by molar-refractivity contribution is 6.36. The summed E-state index contributed by atoms with van der Waals surface area (Å²) in [5.41, 5.74) is 4.62. The molecular weight excluding hydrogens is 510 g/mol. The van der Waals surface area contributed by atoms with Crippen LogP contribution in [0.25, 0.3) is 16.9 Å². The summed E-state index contributed by atoms with van der Waals surface area (Å²) in [6.45, 7) is 0. The van der Waals surface area contributed by atoms with Crippen LogP contribution in [0, 0.1) is 0 Å². The van der Waals surface area contributed by atoms with Gasteiger partial charge in [0.25, 0.3) is 0 Å². The highest BCUT2D eigenvalue weighted by Crippen LogP contribution is 2.33. The normalized spacial score (nSPS) is 12.1. The van der Waals surface area contributed by atoms with Crippen LogP contribution in [0.2, 0.25) is 10.0 Å². The molecule has 0 radical (unpaired) electrons. The summed E-state index contributed by atoms with van der Waals surface area (Å²) in [5, 5.41) is 7.72. The third-order valence-electron chi connectivity index (χ3n) is 4.75. The van der Waals surface area contributed by atoms with Gasteiger partial charge in [-0.25, -0.2) is 14.3 Å². The quantitative estimate of drug-likeness (QED) is 0.167. The third kappa shape index (κ3) is 5.15. The van der Waals surface area contributed by atoms with E-state index in [1.165, 1.54) is 25.3 Å². The van der Waals surface area contributed by atoms with E-state index in [2.05, 4.69) is 15.2 Å². The molecule has 0 fully saturated rings. The van der Waals surface area contributed by atoms with Crippen LogP contribution < -0.4 is 10.5 Å². The number of halogens is 5. The standard InChI is InChI=1S/C22H14Cl2F3N5O3/c1-34-13-5-2-11(3-6-13)16-9-18(22(25,26)27)32-19(29-16)10-17(30-32)21(33)35-31-20(28)14-7-4-12(23)8-15(14)24/h2-10H,1H3,(H2,28,31). The molecule has 35 heavy (non-hydrogen) atoms. The summed E-state index contributed by atoms with van der Waals surface area (Å²) < 4.78 is 46.9. The van der Waals surface area contributed by atoms with E-state index < -0.39 is 23.5 Å². The van der Waals surface area contributed by atoms with Crippen molar-refractivity contribution in [2.75, 3.05) is 7.11 Å². The Morgan fingerprint density at radius 1 is 1.09 bits per heavy atom. The van der Waals surface area contributed by atoms with Gasteiger partial charge in [0.05, 0.1) is 17.8 Å². The first kappa shape index (κ1) is 24.3. The molecule has 180 valence electrons. The van der Waals surface area contributed by atoms with Crippen LogP contribution in [-0.2, 0) is 11.0 Å². The van der Waals surface area contributed by atoms with Crippen LogP contribution in [0.1, 0.15) is 21.7 Å². The molecule has 0 aliphatic rings. The SMILES string of the molecule is COc1ccc(-c2cc(C(F)(F)F)n3nc(C(=O)O/N=C(\N)c4ccc(Cl)cc4Cl)cc3n2)cc1. The Bertz CT molecular complexity index is 1450. The number of benzene rings is 2. The lowest BCUT2D eigenvalue weighted by Gasteiger charge is -2.11. The maximum Gasteiger partial charge on any atom is 0.433 e. The molecule has 0 atom stereocenters. The van der Waals surface area contributed by atoms with E-state index in [4.69, 9.17) is 38.5 Å². The van der Waals surface area contributed by atoms with Crippen LogP contribution in [0.15, 0.2) is 59.8 Å². The zero-order chi connectivity index (χ0) is 25.3. The fraction of sp³-hybridized carbons (Fsp3) is 0.0909. The van der Waals surface area contributed by atoms with Crippen LogP contribution in [0.4, 0.5) is 13.2 Å². The van der Waals surface area contributed by atoms with Crippen LogP contribution in [0.5, 0.6) is 5.75 Å². The fourth-order valence-corrected chi connectivity index (χ4v) is 3.57. The number of aromatic nitrogens is 3. The molecule has 13 heteroatoms. The Kier molecular flexibility index (Phi) is 6.55. The monoisotopic (exact) mass is 523 g/mol. The molecule has 0 spiro atoms. The number of hydrogen-bond donors (Lipinski definition) is 1. The zero-order valence-corrected chi connectivity index (χ0v) is 19.2. The third-order valence-corrected chi connectivity index (χ3v) is 5.29. The van der Waals surface area contributed by atoms with E-state index in [9.17, 15) is 18.0 Å². The second kappa shape index (κ2) is 9.43. The van der Waals surface area contributed by atoms with Gasteiger partial charge in [0.1, 0.15) is 5.75 Å². The minimum atomic E-state index is -4.79. The van der Waals surface area contributed by atoms with Gasteiger partial charge in [0.15, 0.2) is 22.9 Å². The zero-order valence-electron chi connectivity index (χ0n) is 17.7. The first-order valence-corrected chi connectivity index (χ1v) is 10.4. The maximum absolute atomic E-state index is 13.8. The topological polar surface area (TPSA) is 104 Å². The molecule has 0 aliphatic carbocycles. The molecule has 0 bridgehead atoms. The Morgan fingerprint density at radius 3 is 2.43 bits per heavy atom. The molecule has 2 heterocycles. The van der Waals surface area contributed by atoms with E-state index in [1.54, 1.807) is 24.3 Å². The smallest absolute Gasteiger partial charge is 0.433 e. The van der Waals surface area contributed by atoms with Gasteiger partial charge < -0.3 is 15.3 Å². The summed E-state index contributed by atoms with van der Waals surface area (Å²) >= 11 is 11.9. The number of hydrogen-bond acceptors (Lipinski definition) is 6. The highest BCUT2D eigenvalue weighted by Gasteiger charge is 2.36. The Morgan fingerprint density at radius 2 is 1.80 bits per heavy atom. The van der Waals surface area contributed by atoms with Gasteiger partial charge in [-0.05, 0) is 48.5 Å². The number of nitrogens with zero attached hydrogens (tertiary/aromatic N) is 4. The summed E-state index contributed by atoms with van der Waals surface area (Å²) in [6, 6.07) is 12.5. The van der Waals surface area contributed by atoms with E-state index >= 15 is 0 Å². The van der Waals surface area contributed by atoms with Crippen molar-refractivity contribution >= 4 is 40.7 Å². The number of ether oxygens (including phenoxy) is 1. The van der Waals surface area contributed by atoms with Crippen molar-refractivity contribution in [2.45, 2.75) is 6.18 Å². The predicted octanol–water partition coefficient (Wildman–Crippen LogP) is 5.21. The van der Waals surface area contributed by atoms with E-state index in [0.29, 0.717) is 20.9 Å². The van der Waals surface area contributed by atoms with Crippen LogP contribution >= 0.6 is 23.2 Å². The summed E-state index contributed by atoms with van der Waals surface area (Å²) in [6.07, 6.45) is -4.79. The fourth-order valence-electron chi connectivity index (χ4n) is 3.07. The van der Waals surface area contributed by atoms with Crippen molar-refractivity contribution in [2.24, 2.45) is 10.9 Å². The molecule has 4 aromatic rings. The van der Waals surface area contributed by atoms with Crippen LogP contribution in [-0.4, -0.2) is 33.5 Å². The predicted molar refractivity (Wildman–Crippen MR) is 123 cm³/mol. The van der Waals surface area contributed by atoms with Crippen molar-refractivity contribution in [3.63, 3.8) is 0 Å². The lowest BCUT2D eigenvalue weighted by molar-refractivity contribution is -0.142. The van der Waals surface area contributed by atoms with E-state index in [1.807, 2.05) is 0 Å². The van der Waals surface area contributed by atoms with Gasteiger partial charge >= 0.3 is 12.1 Å². The second-order valence-corrected chi connectivity index (χ2v) is 7.88. The molecule has 4 rings (SSSR count). The van der Waals surface area contributed by atoms with E-state index in [0.717, 1.165) is 12.1 Å². The van der Waals surface area contributed by atoms with E-state index in [-0.39, 0.29) is 27.8 Å². The van der Waals surface area contributed by atoms with Gasteiger partial charge in [-0.3, -0.25) is 0 Å². The van der Waals surface area contributed by atoms with Crippen LogP contribution in [0.3, 0.4) is 0 Å². The molecule has 2 N–H and O–H groups in total. The lowest BCUT2D eigenvalue weighted by Crippen LogP contribution is -2.16. The van der Waals surface area contributed by atoms with Gasteiger partial charge in [0.2, 0.25) is 0 Å². The molecule has 0 saturated heterocycles. The number of oxime groups is 1. The first-order chi connectivity index (χ1) is 16.6. The number of carbonyl (C=O) groups is 1. The number of methoxy groups -OCH3 is 1. The summed E-state index contributed by atoms with van der Waals surface area (Å²) in [7, 11) is 1.47. The average molecular weight is 524 g/mol. The number of fused-ring (bicyclic) bond motifs is 1. The summed E-state index contributed by atoms with van der Waals surface area (Å²) in [5.74, 6) is -0.873. The van der Waals surface area contributed by atoms with Gasteiger partial charge in [-0.15, -0.1) is 0 Å². The number of nitrogens with two attached hydrogens (primary N) is 1. The molecular formula is C22H14Cl2F3N5O3. The highest BCUT2D eigenvalue weighted by atomic mass is 35.5. The molecule has 8 nitrogen and oxygen atoms in total. The molecule has 2 aromatic heterocycles. The summed E-state index contributed by atoms with van der Waals surface area (Å²) in [4.78, 5) is 21.4.